The largest absolute Gasteiger partial charge is 0.465 e. The maximum atomic E-state index is 12.2. The highest BCUT2D eigenvalue weighted by atomic mass is 32.2. The molecule has 21 heavy (non-hydrogen) atoms. The summed E-state index contributed by atoms with van der Waals surface area (Å²) in [5.74, 6) is 0.753. The Balaban J connectivity index is 1.79. The highest BCUT2D eigenvalue weighted by Crippen LogP contribution is 2.26. The summed E-state index contributed by atoms with van der Waals surface area (Å²) in [6, 6.07) is 2.28. The van der Waals surface area contributed by atoms with Crippen molar-refractivity contribution in [3.05, 3.63) is 18.5 Å². The topological polar surface area (TPSA) is 64.1 Å². The Kier molecular flexibility index (Phi) is 5.99. The van der Waals surface area contributed by atoms with Gasteiger partial charge in [0.1, 0.15) is 5.54 Å². The molecule has 0 amide bonds. The molecule has 1 unspecified atom stereocenters. The van der Waals surface area contributed by atoms with Crippen LogP contribution in [0.4, 0.5) is 0 Å². The van der Waals surface area contributed by atoms with Crippen molar-refractivity contribution in [1.82, 2.24) is 15.3 Å². The van der Waals surface area contributed by atoms with Crippen LogP contribution in [0.2, 0.25) is 0 Å². The van der Waals surface area contributed by atoms with Crippen molar-refractivity contribution in [2.45, 2.75) is 56.3 Å². The fourth-order valence-corrected chi connectivity index (χ4v) is 2.89. The highest BCUT2D eigenvalue weighted by molar-refractivity contribution is 7.99. The lowest BCUT2D eigenvalue weighted by Crippen LogP contribution is -2.51. The zero-order chi connectivity index (χ0) is 15.1. The van der Waals surface area contributed by atoms with Gasteiger partial charge in [-0.2, -0.15) is 0 Å². The molecule has 0 aromatic carbocycles. The van der Waals surface area contributed by atoms with Gasteiger partial charge in [0.2, 0.25) is 0 Å². The molecule has 0 aliphatic heterocycles. The fourth-order valence-electron chi connectivity index (χ4n) is 2.15. The summed E-state index contributed by atoms with van der Waals surface area (Å²) in [5.41, 5.74) is -0.574. The Morgan fingerprint density at radius 3 is 2.81 bits per heavy atom. The van der Waals surface area contributed by atoms with Gasteiger partial charge in [0.15, 0.2) is 5.16 Å². The van der Waals surface area contributed by atoms with E-state index in [0.717, 1.165) is 36.6 Å². The van der Waals surface area contributed by atoms with Crippen LogP contribution >= 0.6 is 11.8 Å². The van der Waals surface area contributed by atoms with Gasteiger partial charge in [-0.05, 0) is 45.6 Å². The molecule has 1 saturated carbocycles. The zero-order valence-electron chi connectivity index (χ0n) is 12.7. The van der Waals surface area contributed by atoms with Crippen molar-refractivity contribution >= 4 is 17.7 Å². The first kappa shape index (κ1) is 16.2. The fraction of sp³-hybridized carbons (Fsp3) is 0.667. The van der Waals surface area contributed by atoms with E-state index in [-0.39, 0.29) is 5.97 Å². The summed E-state index contributed by atoms with van der Waals surface area (Å²) in [4.78, 5) is 20.5. The number of carbonyl (C=O) groups excluding carboxylic acids is 1. The Morgan fingerprint density at radius 2 is 2.19 bits per heavy atom. The maximum absolute atomic E-state index is 12.2. The van der Waals surface area contributed by atoms with E-state index in [1.807, 2.05) is 13.8 Å². The summed E-state index contributed by atoms with van der Waals surface area (Å²) in [6.07, 6.45) is 7.47. The van der Waals surface area contributed by atoms with E-state index in [1.54, 1.807) is 30.2 Å². The van der Waals surface area contributed by atoms with Gasteiger partial charge in [0.25, 0.3) is 0 Å². The Labute approximate surface area is 130 Å². The summed E-state index contributed by atoms with van der Waals surface area (Å²) in [7, 11) is 0. The molecule has 1 heterocycles. The van der Waals surface area contributed by atoms with Gasteiger partial charge >= 0.3 is 5.97 Å². The molecule has 0 saturated heterocycles. The third-order valence-electron chi connectivity index (χ3n) is 3.42. The molecule has 0 bridgehead atoms. The summed E-state index contributed by atoms with van der Waals surface area (Å²) in [5, 5.41) is 4.22. The van der Waals surface area contributed by atoms with Gasteiger partial charge in [0, 0.05) is 24.2 Å². The monoisotopic (exact) mass is 309 g/mol. The quantitative estimate of drug-likeness (QED) is 0.327. The molecule has 1 atom stereocenters. The predicted molar refractivity (Wildman–Crippen MR) is 83.2 cm³/mol. The third kappa shape index (κ3) is 5.28. The van der Waals surface area contributed by atoms with E-state index in [2.05, 4.69) is 15.3 Å². The minimum Gasteiger partial charge on any atom is -0.465 e. The molecule has 0 radical (unpaired) electrons. The molecule has 116 valence electrons. The van der Waals surface area contributed by atoms with Crippen molar-refractivity contribution in [2.75, 3.05) is 12.4 Å². The van der Waals surface area contributed by atoms with Crippen LogP contribution in [0.3, 0.4) is 0 Å². The van der Waals surface area contributed by atoms with Gasteiger partial charge < -0.3 is 4.74 Å². The second-order valence-corrected chi connectivity index (χ2v) is 6.52. The number of carbonyl (C=O) groups is 1. The molecule has 1 aromatic rings. The van der Waals surface area contributed by atoms with Crippen LogP contribution in [0.15, 0.2) is 23.6 Å². The minimum atomic E-state index is -0.574. The van der Waals surface area contributed by atoms with E-state index in [0.29, 0.717) is 12.6 Å². The van der Waals surface area contributed by atoms with E-state index < -0.39 is 5.54 Å². The van der Waals surface area contributed by atoms with Crippen molar-refractivity contribution in [1.29, 1.82) is 0 Å². The first-order chi connectivity index (χ1) is 10.1. The van der Waals surface area contributed by atoms with Crippen LogP contribution in [0, 0.1) is 0 Å². The number of rotatable bonds is 9. The third-order valence-corrected chi connectivity index (χ3v) is 4.38. The van der Waals surface area contributed by atoms with Crippen LogP contribution in [-0.2, 0) is 9.53 Å². The second-order valence-electron chi connectivity index (χ2n) is 5.45. The second kappa shape index (κ2) is 7.75. The summed E-state index contributed by atoms with van der Waals surface area (Å²) in [6.45, 7) is 4.22. The van der Waals surface area contributed by atoms with Crippen LogP contribution in [0.25, 0.3) is 0 Å². The smallest absolute Gasteiger partial charge is 0.326 e. The van der Waals surface area contributed by atoms with Gasteiger partial charge in [-0.3, -0.25) is 10.1 Å². The Bertz CT molecular complexity index is 453. The molecule has 1 N–H and O–H groups in total. The highest BCUT2D eigenvalue weighted by Gasteiger charge is 2.39. The standard InChI is InChI=1S/C15H23N3O2S/c1-3-20-13(19)15(2,18-12-6-7-12)8-4-11-21-14-16-9-5-10-17-14/h5,9-10,12,18H,3-4,6-8,11H2,1-2H3. The molecule has 1 aliphatic carbocycles. The van der Waals surface area contributed by atoms with Gasteiger partial charge in [0.05, 0.1) is 6.61 Å². The van der Waals surface area contributed by atoms with Crippen molar-refractivity contribution in [3.8, 4) is 0 Å². The number of nitrogens with zero attached hydrogens (tertiary/aromatic N) is 2. The molecule has 1 fully saturated rings. The van der Waals surface area contributed by atoms with Crippen molar-refractivity contribution in [2.24, 2.45) is 0 Å². The van der Waals surface area contributed by atoms with Gasteiger partial charge in [-0.25, -0.2) is 9.97 Å². The number of thioether (sulfide) groups is 1. The van der Waals surface area contributed by atoms with Crippen LogP contribution in [0.1, 0.15) is 39.5 Å². The molecule has 5 nitrogen and oxygen atoms in total. The minimum absolute atomic E-state index is 0.141. The van der Waals surface area contributed by atoms with Gasteiger partial charge in [-0.1, -0.05) is 11.8 Å². The molecule has 0 spiro atoms. The van der Waals surface area contributed by atoms with E-state index in [4.69, 9.17) is 4.74 Å². The average Bonchev–Trinajstić information content (AvgIpc) is 3.29. The maximum Gasteiger partial charge on any atom is 0.326 e. The Hall–Kier alpha value is -1.14. The summed E-state index contributed by atoms with van der Waals surface area (Å²) < 4.78 is 5.22. The normalized spacial score (nSPS) is 17.2. The van der Waals surface area contributed by atoms with E-state index in [1.165, 1.54) is 0 Å². The molecular formula is C15H23N3O2S. The van der Waals surface area contributed by atoms with Gasteiger partial charge in [-0.15, -0.1) is 0 Å². The lowest BCUT2D eigenvalue weighted by molar-refractivity contribution is -0.151. The zero-order valence-corrected chi connectivity index (χ0v) is 13.5. The molecule has 2 rings (SSSR count). The number of hydrogen-bond acceptors (Lipinski definition) is 6. The Morgan fingerprint density at radius 1 is 1.48 bits per heavy atom. The van der Waals surface area contributed by atoms with Crippen molar-refractivity contribution < 1.29 is 9.53 Å². The van der Waals surface area contributed by atoms with Crippen LogP contribution < -0.4 is 5.32 Å². The van der Waals surface area contributed by atoms with E-state index >= 15 is 0 Å². The van der Waals surface area contributed by atoms with E-state index in [9.17, 15) is 4.79 Å². The lowest BCUT2D eigenvalue weighted by Gasteiger charge is -2.28. The van der Waals surface area contributed by atoms with Crippen LogP contribution in [-0.4, -0.2) is 39.9 Å². The number of hydrogen-bond donors (Lipinski definition) is 1. The van der Waals surface area contributed by atoms with Crippen molar-refractivity contribution in [3.63, 3.8) is 0 Å². The molecule has 1 aromatic heterocycles. The molecular weight excluding hydrogens is 286 g/mol. The SMILES string of the molecule is CCOC(=O)C(C)(CCCSc1ncccn1)NC1CC1. The summed E-state index contributed by atoms with van der Waals surface area (Å²) >= 11 is 1.62. The predicted octanol–water partition coefficient (Wildman–Crippen LogP) is 2.42. The molecule has 1 aliphatic rings. The first-order valence-corrected chi connectivity index (χ1v) is 8.47. The van der Waals surface area contributed by atoms with Crippen LogP contribution in [0.5, 0.6) is 0 Å². The number of ether oxygens (including phenoxy) is 1. The molecule has 6 heteroatoms. The number of nitrogens with one attached hydrogen (secondary N) is 1. The first-order valence-electron chi connectivity index (χ1n) is 7.49. The number of esters is 1. The lowest BCUT2D eigenvalue weighted by atomic mass is 9.96. The number of aromatic nitrogens is 2. The average molecular weight is 309 g/mol.